The molecule has 0 aromatic heterocycles. The van der Waals surface area contributed by atoms with E-state index < -0.39 is 0 Å². The number of aryl methyl sites for hydroxylation is 1. The number of halogens is 4. The molecule has 0 saturated carbocycles. The molecule has 1 N–H and O–H groups in total. The molecule has 1 unspecified atom stereocenters. The highest BCUT2D eigenvalue weighted by Crippen LogP contribution is 2.37. The first-order valence-electron chi connectivity index (χ1n) is 6.72. The molecule has 1 aliphatic carbocycles. The lowest BCUT2D eigenvalue weighted by Crippen LogP contribution is -2.27. The molecule has 0 radical (unpaired) electrons. The molecule has 0 spiro atoms. The molecule has 0 heterocycles. The fraction of sp³-hybridized carbons (Fsp3) is 0.250. The van der Waals surface area contributed by atoms with Gasteiger partial charge in [0.15, 0.2) is 0 Å². The number of anilines is 1. The van der Waals surface area contributed by atoms with Crippen molar-refractivity contribution in [3.8, 4) is 0 Å². The van der Waals surface area contributed by atoms with Crippen molar-refractivity contribution in [2.45, 2.75) is 25.3 Å². The zero-order valence-corrected chi connectivity index (χ0v) is 15.8. The van der Waals surface area contributed by atoms with Crippen LogP contribution in [0.5, 0.6) is 0 Å². The van der Waals surface area contributed by atoms with Gasteiger partial charge in [-0.2, -0.15) is 0 Å². The maximum atomic E-state index is 6.31. The Labute approximate surface area is 151 Å². The van der Waals surface area contributed by atoms with Gasteiger partial charge in [0.05, 0.1) is 15.7 Å². The Morgan fingerprint density at radius 2 is 1.81 bits per heavy atom. The van der Waals surface area contributed by atoms with Gasteiger partial charge >= 0.3 is 0 Å². The second kappa shape index (κ2) is 6.49. The van der Waals surface area contributed by atoms with Crippen LogP contribution < -0.4 is 5.32 Å². The van der Waals surface area contributed by atoms with Gasteiger partial charge in [-0.1, -0.05) is 45.2 Å². The third-order valence-corrected chi connectivity index (χ3v) is 6.06. The van der Waals surface area contributed by atoms with Crippen molar-refractivity contribution in [3.63, 3.8) is 0 Å². The summed E-state index contributed by atoms with van der Waals surface area (Å²) < 4.78 is 1.97. The fourth-order valence-electron chi connectivity index (χ4n) is 2.70. The summed E-state index contributed by atoms with van der Waals surface area (Å²) in [6.07, 6.45) is 3.18. The van der Waals surface area contributed by atoms with Crippen molar-refractivity contribution in [2.24, 2.45) is 0 Å². The van der Waals surface area contributed by atoms with Crippen molar-refractivity contribution in [1.82, 2.24) is 0 Å². The van der Waals surface area contributed by atoms with E-state index in [2.05, 4.69) is 55.4 Å². The van der Waals surface area contributed by atoms with Crippen molar-refractivity contribution in [2.75, 3.05) is 5.32 Å². The lowest BCUT2D eigenvalue weighted by molar-refractivity contribution is 0.610. The summed E-state index contributed by atoms with van der Waals surface area (Å²) in [5, 5.41) is 4.66. The molecule has 0 amide bonds. The van der Waals surface area contributed by atoms with Crippen LogP contribution >= 0.6 is 55.1 Å². The zero-order valence-electron chi connectivity index (χ0n) is 11.1. The van der Waals surface area contributed by atoms with Crippen LogP contribution in [-0.4, -0.2) is 6.04 Å². The highest BCUT2D eigenvalue weighted by molar-refractivity contribution is 9.10. The van der Waals surface area contributed by atoms with Crippen LogP contribution in [-0.2, 0) is 12.8 Å². The minimum absolute atomic E-state index is 0.383. The number of hydrogen-bond donors (Lipinski definition) is 1. The van der Waals surface area contributed by atoms with Crippen LogP contribution in [0.4, 0.5) is 5.69 Å². The third-order valence-electron chi connectivity index (χ3n) is 3.79. The first-order valence-corrected chi connectivity index (χ1v) is 9.06. The molecule has 3 rings (SSSR count). The van der Waals surface area contributed by atoms with Crippen molar-refractivity contribution in [3.05, 3.63) is 60.4 Å². The van der Waals surface area contributed by atoms with Crippen LogP contribution in [0.3, 0.4) is 0 Å². The minimum Gasteiger partial charge on any atom is -0.381 e. The van der Waals surface area contributed by atoms with E-state index in [1.807, 2.05) is 12.1 Å². The summed E-state index contributed by atoms with van der Waals surface area (Å²) in [6.45, 7) is 0. The lowest BCUT2D eigenvalue weighted by Gasteiger charge is -2.27. The molecule has 0 fully saturated rings. The molecule has 1 aliphatic rings. The fourth-order valence-corrected chi connectivity index (χ4v) is 3.94. The number of fused-ring (bicyclic) bond motifs is 1. The highest BCUT2D eigenvalue weighted by Gasteiger charge is 2.20. The van der Waals surface area contributed by atoms with Gasteiger partial charge in [0.2, 0.25) is 0 Å². The Morgan fingerprint density at radius 3 is 2.62 bits per heavy atom. The second-order valence-corrected chi connectivity index (χ2v) is 7.75. The first kappa shape index (κ1) is 15.7. The smallest absolute Gasteiger partial charge is 0.0835 e. The van der Waals surface area contributed by atoms with Gasteiger partial charge in [-0.25, -0.2) is 0 Å². The molecule has 1 nitrogen and oxygen atoms in total. The number of nitrogens with one attached hydrogen (secondary N) is 1. The molecular weight excluding hydrogens is 437 g/mol. The second-order valence-electron chi connectivity index (χ2n) is 5.22. The van der Waals surface area contributed by atoms with Crippen LogP contribution in [0.25, 0.3) is 0 Å². The van der Waals surface area contributed by atoms with E-state index in [4.69, 9.17) is 23.2 Å². The summed E-state index contributed by atoms with van der Waals surface area (Å²) in [5.41, 5.74) is 3.74. The van der Waals surface area contributed by atoms with E-state index in [0.29, 0.717) is 16.1 Å². The van der Waals surface area contributed by atoms with E-state index in [0.717, 1.165) is 33.9 Å². The zero-order chi connectivity index (χ0) is 15.0. The summed E-state index contributed by atoms with van der Waals surface area (Å²) >= 11 is 19.4. The van der Waals surface area contributed by atoms with Gasteiger partial charge in [-0.3, -0.25) is 0 Å². The molecule has 0 bridgehead atoms. The van der Waals surface area contributed by atoms with E-state index in [1.54, 1.807) is 0 Å². The molecular formula is C16H13Br2Cl2N. The van der Waals surface area contributed by atoms with Crippen molar-refractivity contribution < 1.29 is 0 Å². The molecule has 2 aromatic rings. The lowest BCUT2D eigenvalue weighted by atomic mass is 9.88. The third kappa shape index (κ3) is 3.42. The summed E-state index contributed by atoms with van der Waals surface area (Å²) in [7, 11) is 0. The summed E-state index contributed by atoms with van der Waals surface area (Å²) in [4.78, 5) is 0. The van der Waals surface area contributed by atoms with Gasteiger partial charge < -0.3 is 5.32 Å². The van der Waals surface area contributed by atoms with Crippen molar-refractivity contribution in [1.29, 1.82) is 0 Å². The number of hydrogen-bond acceptors (Lipinski definition) is 1. The van der Waals surface area contributed by atoms with E-state index in [1.165, 1.54) is 11.1 Å². The first-order chi connectivity index (χ1) is 10.0. The van der Waals surface area contributed by atoms with Crippen LogP contribution in [0.1, 0.15) is 17.5 Å². The number of rotatable bonds is 2. The van der Waals surface area contributed by atoms with Crippen LogP contribution in [0.2, 0.25) is 10.0 Å². The van der Waals surface area contributed by atoms with Gasteiger partial charge in [0, 0.05) is 15.0 Å². The molecule has 110 valence electrons. The van der Waals surface area contributed by atoms with Gasteiger partial charge in [0.1, 0.15) is 0 Å². The highest BCUT2D eigenvalue weighted by atomic mass is 79.9. The Kier molecular flexibility index (Phi) is 4.84. The van der Waals surface area contributed by atoms with E-state index in [-0.39, 0.29) is 0 Å². The van der Waals surface area contributed by atoms with Crippen LogP contribution in [0, 0.1) is 0 Å². The molecule has 2 aromatic carbocycles. The van der Waals surface area contributed by atoms with Crippen molar-refractivity contribution >= 4 is 60.7 Å². The average molecular weight is 450 g/mol. The van der Waals surface area contributed by atoms with Gasteiger partial charge in [-0.05, 0) is 70.6 Å². The van der Waals surface area contributed by atoms with Crippen LogP contribution in [0.15, 0.2) is 39.3 Å². The maximum Gasteiger partial charge on any atom is 0.0835 e. The van der Waals surface area contributed by atoms with Gasteiger partial charge in [0.25, 0.3) is 0 Å². The molecule has 0 saturated heterocycles. The summed E-state index contributed by atoms with van der Waals surface area (Å²) in [5.74, 6) is 0. The topological polar surface area (TPSA) is 12.0 Å². The van der Waals surface area contributed by atoms with E-state index >= 15 is 0 Å². The Bertz CT molecular complexity index is 688. The Balaban J connectivity index is 1.79. The normalized spacial score (nSPS) is 17.4. The Hall–Kier alpha value is -0.220. The predicted octanol–water partition coefficient (Wildman–Crippen LogP) is 6.49. The molecule has 21 heavy (non-hydrogen) atoms. The van der Waals surface area contributed by atoms with Gasteiger partial charge in [-0.15, -0.1) is 0 Å². The number of benzene rings is 2. The molecule has 0 aliphatic heterocycles. The maximum absolute atomic E-state index is 6.31. The predicted molar refractivity (Wildman–Crippen MR) is 97.7 cm³/mol. The largest absolute Gasteiger partial charge is 0.381 e. The standard InChI is InChI=1S/C16H13Br2Cl2N/c17-11-3-1-10-8-12(4-2-9(10)7-11)21-14-6-5-13(18)15(19)16(14)20/h1,3,5-7,12,21H,2,4,8H2. The summed E-state index contributed by atoms with van der Waals surface area (Å²) in [6, 6.07) is 10.8. The SMILES string of the molecule is Clc1c(Br)ccc(NC2CCc3cc(Br)ccc3C2)c1Cl. The quantitative estimate of drug-likeness (QED) is 0.517. The Morgan fingerprint density at radius 1 is 1.00 bits per heavy atom. The van der Waals surface area contributed by atoms with E-state index in [9.17, 15) is 0 Å². The average Bonchev–Trinajstić information content (AvgIpc) is 2.48. The molecule has 5 heteroatoms. The molecule has 1 atom stereocenters. The monoisotopic (exact) mass is 447 g/mol. The minimum atomic E-state index is 0.383.